The van der Waals surface area contributed by atoms with Crippen LogP contribution in [0.1, 0.15) is 55.4 Å². The first kappa shape index (κ1) is 37.0. The van der Waals surface area contributed by atoms with Gasteiger partial charge in [0.25, 0.3) is 5.91 Å². The van der Waals surface area contributed by atoms with Gasteiger partial charge < -0.3 is 26.0 Å². The van der Waals surface area contributed by atoms with E-state index < -0.39 is 21.5 Å². The van der Waals surface area contributed by atoms with Gasteiger partial charge in [-0.05, 0) is 60.6 Å². The van der Waals surface area contributed by atoms with Crippen molar-refractivity contribution in [3.63, 3.8) is 0 Å². The largest absolute Gasteiger partial charge is 0.492 e. The summed E-state index contributed by atoms with van der Waals surface area (Å²) in [6, 6.07) is 3.16. The molecule has 3 atom stereocenters. The fourth-order valence-corrected chi connectivity index (χ4v) is 7.62. The maximum absolute atomic E-state index is 13.7. The number of carbonyl (C=O) groups excluding carboxylic acids is 2. The summed E-state index contributed by atoms with van der Waals surface area (Å²) in [6.07, 6.45) is 5.89. The summed E-state index contributed by atoms with van der Waals surface area (Å²) in [5.41, 5.74) is 8.33. The predicted octanol–water partition coefficient (Wildman–Crippen LogP) is 2.29. The number of rotatable bonds is 12. The third kappa shape index (κ3) is 8.32. The number of ether oxygens (including phenoxy) is 1. The van der Waals surface area contributed by atoms with Crippen LogP contribution in [0.25, 0.3) is 10.9 Å². The second kappa shape index (κ2) is 15.5. The highest BCUT2D eigenvalue weighted by Gasteiger charge is 2.34. The summed E-state index contributed by atoms with van der Waals surface area (Å²) in [6.45, 7) is 14.9. The van der Waals surface area contributed by atoms with Gasteiger partial charge in [-0.3, -0.25) is 28.7 Å². The number of piperazine rings is 1. The zero-order chi connectivity index (χ0) is 37.2. The van der Waals surface area contributed by atoms with E-state index in [2.05, 4.69) is 50.6 Å². The maximum atomic E-state index is 13.7. The number of aromatic nitrogens is 6. The molecule has 2 fully saturated rings. The molecular formula is C35H48N12O4S. The normalized spacial score (nSPS) is 19.2. The molecule has 2 aliphatic rings. The second-order valence-electron chi connectivity index (χ2n) is 14.4. The molecular weight excluding hydrogens is 685 g/mol. The molecule has 6 rings (SSSR count). The van der Waals surface area contributed by atoms with E-state index in [9.17, 15) is 13.8 Å². The van der Waals surface area contributed by atoms with Gasteiger partial charge in [0.1, 0.15) is 29.4 Å². The molecule has 3 unspecified atom stereocenters. The number of nitrogens with two attached hydrogens (primary N) is 1. The Morgan fingerprint density at radius 1 is 1.06 bits per heavy atom. The van der Waals surface area contributed by atoms with Gasteiger partial charge in [-0.1, -0.05) is 0 Å². The molecule has 0 radical (unpaired) electrons. The second-order valence-corrected chi connectivity index (χ2v) is 16.6. The van der Waals surface area contributed by atoms with Crippen molar-refractivity contribution in [1.29, 1.82) is 0 Å². The van der Waals surface area contributed by atoms with E-state index in [0.29, 0.717) is 47.4 Å². The minimum Gasteiger partial charge on any atom is -0.492 e. The number of carbonyl (C=O) groups is 2. The number of anilines is 3. The van der Waals surface area contributed by atoms with Gasteiger partial charge in [0, 0.05) is 72.8 Å². The maximum Gasteiger partial charge on any atom is 0.271 e. The Morgan fingerprint density at radius 2 is 1.83 bits per heavy atom. The highest BCUT2D eigenvalue weighted by atomic mass is 32.2. The van der Waals surface area contributed by atoms with Gasteiger partial charge in [-0.2, -0.15) is 5.10 Å². The average Bonchev–Trinajstić information content (AvgIpc) is 3.65. The number of primary amides is 1. The summed E-state index contributed by atoms with van der Waals surface area (Å²) in [5.74, 6) is 1.83. The van der Waals surface area contributed by atoms with Gasteiger partial charge in [0.05, 0.1) is 46.3 Å². The molecule has 2 saturated heterocycles. The van der Waals surface area contributed by atoms with E-state index >= 15 is 0 Å². The molecule has 2 amide bonds. The lowest BCUT2D eigenvalue weighted by molar-refractivity contribution is -0.121. The Labute approximate surface area is 305 Å². The SMILES string of the molecule is Cc1[nH]nc(Nc2ncnc3cc(OCCCN4CCN(c5cnc(C(=O)NC6CC(C(N)=O)N(C)C6)cn5)CC4)c(S(=O)C(C)(C)C)cc23)c1C. The number of benzene rings is 1. The standard InChI is InChI=1S/C35H48N12O4S/c1-21-22(2)43-44-32(21)42-33-24-15-29(52(50)35(3,4)5)28(16-25(24)39-20-40-33)51-13-7-8-46-9-11-47(12-10-46)30-18-37-26(17-38-30)34(49)41-23-14-27(31(36)48)45(6)19-23/h15-18,20,23,27H,7-14,19H2,1-6H3,(H2,36,48)(H,41,49)(H2,39,40,42,43,44). The van der Waals surface area contributed by atoms with Gasteiger partial charge in [-0.15, -0.1) is 0 Å². The Kier molecular flexibility index (Phi) is 11.0. The summed E-state index contributed by atoms with van der Waals surface area (Å²) >= 11 is 0. The molecule has 2 aliphatic heterocycles. The number of hydrogen-bond donors (Lipinski definition) is 4. The quantitative estimate of drug-likeness (QED) is 0.155. The van der Waals surface area contributed by atoms with Crippen molar-refractivity contribution in [2.75, 3.05) is 63.1 Å². The number of hydrogen-bond acceptors (Lipinski definition) is 13. The van der Waals surface area contributed by atoms with Crippen LogP contribution in [0.15, 0.2) is 35.7 Å². The summed E-state index contributed by atoms with van der Waals surface area (Å²) in [4.78, 5) is 49.2. The molecule has 4 aromatic rings. The Bertz CT molecular complexity index is 1940. The van der Waals surface area contributed by atoms with Crippen molar-refractivity contribution in [3.05, 3.63) is 47.8 Å². The lowest BCUT2D eigenvalue weighted by atomic mass is 10.1. The molecule has 0 aliphatic carbocycles. The van der Waals surface area contributed by atoms with E-state index in [-0.39, 0.29) is 23.7 Å². The fraction of sp³-hybridized carbons (Fsp3) is 0.514. The molecule has 5 N–H and O–H groups in total. The minimum absolute atomic E-state index is 0.176. The van der Waals surface area contributed by atoms with Crippen molar-refractivity contribution >= 4 is 51.0 Å². The molecule has 278 valence electrons. The van der Waals surface area contributed by atoms with E-state index in [1.807, 2.05) is 58.7 Å². The molecule has 0 bridgehead atoms. The fourth-order valence-electron chi connectivity index (χ4n) is 6.44. The summed E-state index contributed by atoms with van der Waals surface area (Å²) < 4.78 is 19.6. The lowest BCUT2D eigenvalue weighted by Crippen LogP contribution is -2.47. The van der Waals surface area contributed by atoms with Gasteiger partial charge in [-0.25, -0.2) is 19.9 Å². The average molecular weight is 733 g/mol. The molecule has 52 heavy (non-hydrogen) atoms. The van der Waals surface area contributed by atoms with Gasteiger partial charge >= 0.3 is 0 Å². The smallest absolute Gasteiger partial charge is 0.271 e. The van der Waals surface area contributed by atoms with Crippen LogP contribution < -0.4 is 26.0 Å². The molecule has 5 heterocycles. The first-order valence-electron chi connectivity index (χ1n) is 17.5. The Hall–Kier alpha value is -4.74. The number of nitrogens with one attached hydrogen (secondary N) is 3. The third-order valence-electron chi connectivity index (χ3n) is 9.60. The topological polar surface area (TPSA) is 200 Å². The van der Waals surface area contributed by atoms with Crippen molar-refractivity contribution in [2.45, 2.75) is 69.2 Å². The summed E-state index contributed by atoms with van der Waals surface area (Å²) in [7, 11) is 0.457. The molecule has 0 saturated carbocycles. The van der Waals surface area contributed by atoms with Crippen LogP contribution in [-0.2, 0) is 15.6 Å². The molecule has 1 aromatic carbocycles. The van der Waals surface area contributed by atoms with E-state index in [1.54, 1.807) is 6.20 Å². The van der Waals surface area contributed by atoms with Crippen LogP contribution in [0.5, 0.6) is 5.75 Å². The number of aryl methyl sites for hydroxylation is 1. The van der Waals surface area contributed by atoms with Crippen LogP contribution in [0.3, 0.4) is 0 Å². The van der Waals surface area contributed by atoms with Crippen LogP contribution in [0.4, 0.5) is 17.5 Å². The van der Waals surface area contributed by atoms with E-state index in [4.69, 9.17) is 10.5 Å². The predicted molar refractivity (Wildman–Crippen MR) is 199 cm³/mol. The molecule has 0 spiro atoms. The van der Waals surface area contributed by atoms with Crippen LogP contribution in [0, 0.1) is 13.8 Å². The molecule has 17 heteroatoms. The number of amides is 2. The first-order chi connectivity index (χ1) is 24.8. The van der Waals surface area contributed by atoms with Crippen molar-refractivity contribution < 1.29 is 18.5 Å². The molecule has 3 aromatic heterocycles. The van der Waals surface area contributed by atoms with Gasteiger partial charge in [0.15, 0.2) is 5.82 Å². The van der Waals surface area contributed by atoms with Crippen LogP contribution >= 0.6 is 0 Å². The molecule has 16 nitrogen and oxygen atoms in total. The van der Waals surface area contributed by atoms with Crippen molar-refractivity contribution in [3.8, 4) is 5.75 Å². The zero-order valence-corrected chi connectivity index (χ0v) is 31.4. The number of fused-ring (bicyclic) bond motifs is 1. The first-order valence-corrected chi connectivity index (χ1v) is 18.6. The Morgan fingerprint density at radius 3 is 2.46 bits per heavy atom. The number of likely N-dealkylation sites (tertiary alicyclic amines) is 1. The number of likely N-dealkylation sites (N-methyl/N-ethyl adjacent to an activating group) is 1. The van der Waals surface area contributed by atoms with E-state index in [1.165, 1.54) is 12.5 Å². The van der Waals surface area contributed by atoms with Crippen LogP contribution in [0.2, 0.25) is 0 Å². The third-order valence-corrected chi connectivity index (χ3v) is 11.4. The van der Waals surface area contributed by atoms with Crippen molar-refractivity contribution in [2.24, 2.45) is 5.73 Å². The number of H-pyrrole nitrogens is 1. The number of nitrogens with zero attached hydrogens (tertiary/aromatic N) is 8. The number of aromatic amines is 1. The van der Waals surface area contributed by atoms with E-state index in [0.717, 1.165) is 61.6 Å². The minimum atomic E-state index is -1.36. The monoisotopic (exact) mass is 732 g/mol. The lowest BCUT2D eigenvalue weighted by Gasteiger charge is -2.35. The highest BCUT2D eigenvalue weighted by Crippen LogP contribution is 2.35. The van der Waals surface area contributed by atoms with Crippen molar-refractivity contribution in [1.82, 2.24) is 45.2 Å². The summed E-state index contributed by atoms with van der Waals surface area (Å²) in [5, 5.41) is 14.3. The Balaban J connectivity index is 1.02. The van der Waals surface area contributed by atoms with Gasteiger partial charge in [0.2, 0.25) is 5.91 Å². The highest BCUT2D eigenvalue weighted by molar-refractivity contribution is 7.86. The zero-order valence-electron chi connectivity index (χ0n) is 30.6. The van der Waals surface area contributed by atoms with Crippen LogP contribution in [-0.4, -0.2) is 126 Å².